The van der Waals surface area contributed by atoms with Gasteiger partial charge in [-0.15, -0.1) is 0 Å². The van der Waals surface area contributed by atoms with Crippen molar-refractivity contribution in [3.8, 4) is 0 Å². The normalized spacial score (nSPS) is 11.7. The van der Waals surface area contributed by atoms with E-state index < -0.39 is 16.0 Å². The third-order valence-electron chi connectivity index (χ3n) is 2.35. The number of carbonyl (C=O) groups is 1. The zero-order chi connectivity index (χ0) is 14.8. The molecule has 0 aliphatic heterocycles. The van der Waals surface area contributed by atoms with Crippen molar-refractivity contribution in [1.29, 1.82) is 0 Å². The van der Waals surface area contributed by atoms with Gasteiger partial charge < -0.3 is 14.0 Å². The SMILES string of the molecule is Cc1cc(CS(=O)(=O)NCc2ccc(C(=O)O)o2)no1. The van der Waals surface area contributed by atoms with Crippen LogP contribution >= 0.6 is 0 Å². The first-order chi connectivity index (χ1) is 9.35. The summed E-state index contributed by atoms with van der Waals surface area (Å²) in [7, 11) is -3.61. The maximum absolute atomic E-state index is 11.8. The van der Waals surface area contributed by atoms with E-state index in [1.54, 1.807) is 6.92 Å². The highest BCUT2D eigenvalue weighted by molar-refractivity contribution is 7.88. The van der Waals surface area contributed by atoms with Gasteiger partial charge in [-0.05, 0) is 19.1 Å². The van der Waals surface area contributed by atoms with E-state index in [1.165, 1.54) is 18.2 Å². The van der Waals surface area contributed by atoms with Gasteiger partial charge in [0.1, 0.15) is 23.0 Å². The fourth-order valence-electron chi connectivity index (χ4n) is 1.50. The van der Waals surface area contributed by atoms with Crippen LogP contribution < -0.4 is 4.72 Å². The number of rotatable bonds is 6. The quantitative estimate of drug-likeness (QED) is 0.812. The number of hydrogen-bond donors (Lipinski definition) is 2. The average molecular weight is 300 g/mol. The van der Waals surface area contributed by atoms with Crippen LogP contribution in [0.5, 0.6) is 0 Å². The first-order valence-electron chi connectivity index (χ1n) is 5.57. The number of aryl methyl sites for hydroxylation is 1. The average Bonchev–Trinajstić information content (AvgIpc) is 2.95. The molecule has 0 amide bonds. The monoisotopic (exact) mass is 300 g/mol. The lowest BCUT2D eigenvalue weighted by atomic mass is 10.4. The van der Waals surface area contributed by atoms with E-state index >= 15 is 0 Å². The van der Waals surface area contributed by atoms with Crippen molar-refractivity contribution in [2.75, 3.05) is 0 Å². The van der Waals surface area contributed by atoms with Gasteiger partial charge in [-0.25, -0.2) is 17.9 Å². The van der Waals surface area contributed by atoms with Gasteiger partial charge in [0.15, 0.2) is 0 Å². The number of nitrogens with zero attached hydrogens (tertiary/aromatic N) is 1. The molecule has 2 N–H and O–H groups in total. The van der Waals surface area contributed by atoms with Gasteiger partial charge in [-0.3, -0.25) is 0 Å². The molecule has 0 atom stereocenters. The molecule has 2 rings (SSSR count). The second-order valence-corrected chi connectivity index (χ2v) is 5.89. The Hall–Kier alpha value is -2.13. The molecule has 0 spiro atoms. The zero-order valence-electron chi connectivity index (χ0n) is 10.5. The number of sulfonamides is 1. The molecule has 0 saturated carbocycles. The Morgan fingerprint density at radius 3 is 2.75 bits per heavy atom. The van der Waals surface area contributed by atoms with Gasteiger partial charge in [-0.1, -0.05) is 5.16 Å². The molecule has 20 heavy (non-hydrogen) atoms. The van der Waals surface area contributed by atoms with Gasteiger partial charge in [-0.2, -0.15) is 0 Å². The molecular formula is C11H12N2O6S. The van der Waals surface area contributed by atoms with Crippen LogP contribution in [0.4, 0.5) is 0 Å². The molecule has 0 aliphatic rings. The Morgan fingerprint density at radius 1 is 1.45 bits per heavy atom. The summed E-state index contributed by atoms with van der Waals surface area (Å²) in [5, 5.41) is 12.3. The Balaban J connectivity index is 1.96. The summed E-state index contributed by atoms with van der Waals surface area (Å²) >= 11 is 0. The number of carboxylic acids is 1. The lowest BCUT2D eigenvalue weighted by molar-refractivity contribution is 0.0660. The highest BCUT2D eigenvalue weighted by Gasteiger charge is 2.16. The van der Waals surface area contributed by atoms with Crippen LogP contribution in [0, 0.1) is 6.92 Å². The summed E-state index contributed by atoms with van der Waals surface area (Å²) in [4.78, 5) is 10.6. The van der Waals surface area contributed by atoms with Crippen molar-refractivity contribution in [1.82, 2.24) is 9.88 Å². The maximum atomic E-state index is 11.8. The van der Waals surface area contributed by atoms with Gasteiger partial charge in [0.05, 0.1) is 6.54 Å². The topological polar surface area (TPSA) is 123 Å². The highest BCUT2D eigenvalue weighted by Crippen LogP contribution is 2.09. The number of aromatic carboxylic acids is 1. The van der Waals surface area contributed by atoms with E-state index in [0.717, 1.165) is 0 Å². The van der Waals surface area contributed by atoms with Crippen molar-refractivity contribution < 1.29 is 27.3 Å². The van der Waals surface area contributed by atoms with E-state index in [2.05, 4.69) is 9.88 Å². The van der Waals surface area contributed by atoms with Crippen LogP contribution in [0.1, 0.15) is 27.8 Å². The Labute approximate surface area is 114 Å². The van der Waals surface area contributed by atoms with Gasteiger partial charge >= 0.3 is 5.97 Å². The zero-order valence-corrected chi connectivity index (χ0v) is 11.3. The molecule has 0 saturated heterocycles. The lowest BCUT2D eigenvalue weighted by Gasteiger charge is -2.02. The molecular weight excluding hydrogens is 288 g/mol. The predicted octanol–water partition coefficient (Wildman–Crippen LogP) is 0.894. The minimum absolute atomic E-state index is 0.132. The van der Waals surface area contributed by atoms with E-state index in [-0.39, 0.29) is 23.8 Å². The van der Waals surface area contributed by atoms with Crippen molar-refractivity contribution >= 4 is 16.0 Å². The predicted molar refractivity (Wildman–Crippen MR) is 66.4 cm³/mol. The second-order valence-electron chi connectivity index (χ2n) is 4.08. The van der Waals surface area contributed by atoms with E-state index in [0.29, 0.717) is 11.5 Å². The molecule has 0 aliphatic carbocycles. The summed E-state index contributed by atoms with van der Waals surface area (Å²) in [5.41, 5.74) is 0.292. The van der Waals surface area contributed by atoms with Crippen molar-refractivity contribution in [2.24, 2.45) is 0 Å². The van der Waals surface area contributed by atoms with E-state index in [9.17, 15) is 13.2 Å². The third kappa shape index (κ3) is 3.68. The van der Waals surface area contributed by atoms with Gasteiger partial charge in [0, 0.05) is 6.07 Å². The molecule has 0 bridgehead atoms. The van der Waals surface area contributed by atoms with Gasteiger partial charge in [0.25, 0.3) is 0 Å². The molecule has 0 aromatic carbocycles. The molecule has 0 radical (unpaired) electrons. The smallest absolute Gasteiger partial charge is 0.371 e. The van der Waals surface area contributed by atoms with Crippen LogP contribution in [0.25, 0.3) is 0 Å². The fraction of sp³-hybridized carbons (Fsp3) is 0.273. The number of hydrogen-bond acceptors (Lipinski definition) is 6. The Kier molecular flexibility index (Phi) is 3.91. The number of aromatic nitrogens is 1. The number of carboxylic acid groups (broad SMARTS) is 1. The molecule has 108 valence electrons. The Morgan fingerprint density at radius 2 is 2.20 bits per heavy atom. The molecule has 2 aromatic heterocycles. The largest absolute Gasteiger partial charge is 0.475 e. The maximum Gasteiger partial charge on any atom is 0.371 e. The summed E-state index contributed by atoms with van der Waals surface area (Å²) in [6.45, 7) is 1.53. The molecule has 2 aromatic rings. The molecule has 0 fully saturated rings. The molecule has 8 nitrogen and oxygen atoms in total. The van der Waals surface area contributed by atoms with E-state index in [1.807, 2.05) is 0 Å². The molecule has 2 heterocycles. The van der Waals surface area contributed by atoms with Crippen molar-refractivity contribution in [3.63, 3.8) is 0 Å². The standard InChI is InChI=1S/C11H12N2O6S/c1-7-4-8(13-19-7)6-20(16,17)12-5-9-2-3-10(18-9)11(14)15/h2-4,12H,5-6H2,1H3,(H,14,15). The van der Waals surface area contributed by atoms with Gasteiger partial charge in [0.2, 0.25) is 15.8 Å². The van der Waals surface area contributed by atoms with Crippen LogP contribution in [0.2, 0.25) is 0 Å². The van der Waals surface area contributed by atoms with Crippen LogP contribution in [-0.4, -0.2) is 24.7 Å². The second kappa shape index (κ2) is 5.47. The van der Waals surface area contributed by atoms with E-state index in [4.69, 9.17) is 14.0 Å². The fourth-order valence-corrected chi connectivity index (χ4v) is 2.49. The first-order valence-corrected chi connectivity index (χ1v) is 7.22. The van der Waals surface area contributed by atoms with Crippen LogP contribution in [0.3, 0.4) is 0 Å². The molecule has 9 heteroatoms. The summed E-state index contributed by atoms with van der Waals surface area (Å²) in [6.07, 6.45) is 0. The summed E-state index contributed by atoms with van der Waals surface area (Å²) in [6, 6.07) is 4.17. The number of furan rings is 1. The first kappa shape index (κ1) is 14.3. The third-order valence-corrected chi connectivity index (χ3v) is 3.61. The lowest BCUT2D eigenvalue weighted by Crippen LogP contribution is -2.24. The van der Waals surface area contributed by atoms with Crippen LogP contribution in [0.15, 0.2) is 27.1 Å². The minimum Gasteiger partial charge on any atom is -0.475 e. The van der Waals surface area contributed by atoms with Crippen molar-refractivity contribution in [2.45, 2.75) is 19.2 Å². The number of nitrogens with one attached hydrogen (secondary N) is 1. The van der Waals surface area contributed by atoms with Crippen LogP contribution in [-0.2, 0) is 22.3 Å². The highest BCUT2D eigenvalue weighted by atomic mass is 32.2. The summed E-state index contributed by atoms with van der Waals surface area (Å²) in [5.74, 6) is -1.05. The molecule has 0 unspecified atom stereocenters. The van der Waals surface area contributed by atoms with Crippen molar-refractivity contribution in [3.05, 3.63) is 41.2 Å². The summed E-state index contributed by atoms with van der Waals surface area (Å²) < 4.78 is 35.5. The minimum atomic E-state index is -3.61. The Bertz CT molecular complexity index is 715.